The van der Waals surface area contributed by atoms with Gasteiger partial charge in [-0.15, -0.1) is 0 Å². The molecule has 3 aromatic carbocycles. The van der Waals surface area contributed by atoms with Crippen LogP contribution in [0.15, 0.2) is 72.8 Å². The highest BCUT2D eigenvalue weighted by Crippen LogP contribution is 2.29. The van der Waals surface area contributed by atoms with Gasteiger partial charge in [-0.05, 0) is 35.9 Å². The number of benzene rings is 3. The molecular weight excluding hydrogens is 360 g/mol. The Kier molecular flexibility index (Phi) is 5.86. The molecule has 3 aromatic rings. The molecule has 0 aromatic heterocycles. The summed E-state index contributed by atoms with van der Waals surface area (Å²) in [7, 11) is 1.41. The molecule has 28 heavy (non-hydrogen) atoms. The highest BCUT2D eigenvalue weighted by atomic mass is 16.6. The van der Waals surface area contributed by atoms with Crippen molar-refractivity contribution in [3.05, 3.63) is 94.0 Å². The quantitative estimate of drug-likeness (QED) is 0.485. The maximum absolute atomic E-state index is 12.5. The zero-order valence-corrected chi connectivity index (χ0v) is 15.1. The summed E-state index contributed by atoms with van der Waals surface area (Å²) in [4.78, 5) is 23.2. The second-order valence-electron chi connectivity index (χ2n) is 5.90. The molecule has 0 aliphatic heterocycles. The Labute approximate surface area is 161 Å². The summed E-state index contributed by atoms with van der Waals surface area (Å²) in [5.74, 6) is 0.389. The van der Waals surface area contributed by atoms with Crippen LogP contribution >= 0.6 is 0 Å². The molecule has 0 unspecified atom stereocenters. The second-order valence-corrected chi connectivity index (χ2v) is 5.90. The van der Waals surface area contributed by atoms with Gasteiger partial charge in [-0.1, -0.05) is 36.4 Å². The summed E-state index contributed by atoms with van der Waals surface area (Å²) in [6, 6.07) is 20.5. The molecule has 0 bridgehead atoms. The first-order chi connectivity index (χ1) is 13.6. The number of hydrogen-bond acceptors (Lipinski definition) is 5. The number of nitro benzene ring substituents is 1. The van der Waals surface area contributed by atoms with Crippen LogP contribution in [-0.4, -0.2) is 17.9 Å². The predicted octanol–water partition coefficient (Wildman–Crippen LogP) is 4.43. The van der Waals surface area contributed by atoms with E-state index in [1.165, 1.54) is 19.2 Å². The van der Waals surface area contributed by atoms with E-state index >= 15 is 0 Å². The van der Waals surface area contributed by atoms with Crippen LogP contribution in [-0.2, 0) is 6.61 Å². The van der Waals surface area contributed by atoms with Crippen LogP contribution in [0.3, 0.4) is 0 Å². The lowest BCUT2D eigenvalue weighted by molar-refractivity contribution is -0.384. The van der Waals surface area contributed by atoms with Crippen molar-refractivity contribution in [2.75, 3.05) is 12.4 Å². The molecule has 0 saturated heterocycles. The third-order valence-corrected chi connectivity index (χ3v) is 3.99. The molecular formula is C21H18N2O5. The number of nitrogens with one attached hydrogen (secondary N) is 1. The molecule has 0 heterocycles. The fraction of sp³-hybridized carbons (Fsp3) is 0.0952. The van der Waals surface area contributed by atoms with Gasteiger partial charge in [0.2, 0.25) is 0 Å². The third kappa shape index (κ3) is 4.64. The minimum Gasteiger partial charge on any atom is -0.496 e. The minimum absolute atomic E-state index is 0.0893. The van der Waals surface area contributed by atoms with Gasteiger partial charge in [-0.3, -0.25) is 14.9 Å². The summed E-state index contributed by atoms with van der Waals surface area (Å²) in [6.07, 6.45) is 0. The van der Waals surface area contributed by atoms with E-state index in [4.69, 9.17) is 9.47 Å². The Balaban J connectivity index is 1.74. The summed E-state index contributed by atoms with van der Waals surface area (Å²) < 4.78 is 10.7. The van der Waals surface area contributed by atoms with E-state index in [0.717, 1.165) is 5.56 Å². The minimum atomic E-state index is -0.572. The number of carbonyl (C=O) groups excluding carboxylic acids is 1. The molecule has 142 valence electrons. The van der Waals surface area contributed by atoms with E-state index < -0.39 is 10.8 Å². The number of hydrogen-bond donors (Lipinski definition) is 1. The van der Waals surface area contributed by atoms with E-state index in [0.29, 0.717) is 23.7 Å². The van der Waals surface area contributed by atoms with Crippen LogP contribution in [0.5, 0.6) is 11.5 Å². The van der Waals surface area contributed by atoms with Gasteiger partial charge in [0, 0.05) is 5.56 Å². The zero-order valence-electron chi connectivity index (χ0n) is 15.1. The van der Waals surface area contributed by atoms with Crippen LogP contribution < -0.4 is 14.8 Å². The topological polar surface area (TPSA) is 90.7 Å². The number of ether oxygens (including phenoxy) is 2. The maximum atomic E-state index is 12.5. The number of carbonyl (C=O) groups is 1. The van der Waals surface area contributed by atoms with Crippen molar-refractivity contribution < 1.29 is 19.2 Å². The van der Waals surface area contributed by atoms with Crippen molar-refractivity contribution in [2.45, 2.75) is 6.61 Å². The molecule has 0 aliphatic rings. The number of nitro groups is 1. The molecule has 0 spiro atoms. The lowest BCUT2D eigenvalue weighted by Gasteiger charge is -2.10. The van der Waals surface area contributed by atoms with Gasteiger partial charge in [0.15, 0.2) is 0 Å². The fourth-order valence-corrected chi connectivity index (χ4v) is 2.56. The number of anilines is 1. The largest absolute Gasteiger partial charge is 0.496 e. The number of rotatable bonds is 7. The summed E-state index contributed by atoms with van der Waals surface area (Å²) in [5.41, 5.74) is 1.18. The van der Waals surface area contributed by atoms with Crippen LogP contribution in [0.2, 0.25) is 0 Å². The van der Waals surface area contributed by atoms with E-state index in [-0.39, 0.29) is 11.4 Å². The molecule has 0 aliphatic carbocycles. The third-order valence-electron chi connectivity index (χ3n) is 3.99. The molecule has 0 fully saturated rings. The normalized spacial score (nSPS) is 10.2. The fourth-order valence-electron chi connectivity index (χ4n) is 2.56. The van der Waals surface area contributed by atoms with Gasteiger partial charge in [-0.2, -0.15) is 0 Å². The number of nitrogens with zero attached hydrogens (tertiary/aromatic N) is 1. The van der Waals surface area contributed by atoms with E-state index in [1.54, 1.807) is 30.3 Å². The zero-order chi connectivity index (χ0) is 19.9. The molecule has 0 saturated carbocycles. The van der Waals surface area contributed by atoms with Gasteiger partial charge in [0.1, 0.15) is 23.8 Å². The maximum Gasteiger partial charge on any atom is 0.296 e. The van der Waals surface area contributed by atoms with Crippen molar-refractivity contribution in [3.63, 3.8) is 0 Å². The molecule has 0 radical (unpaired) electrons. The van der Waals surface area contributed by atoms with Crippen molar-refractivity contribution >= 4 is 17.3 Å². The monoisotopic (exact) mass is 378 g/mol. The van der Waals surface area contributed by atoms with Gasteiger partial charge < -0.3 is 14.8 Å². The molecule has 3 rings (SSSR count). The van der Waals surface area contributed by atoms with Gasteiger partial charge in [0.05, 0.1) is 18.1 Å². The summed E-state index contributed by atoms with van der Waals surface area (Å²) in [5, 5.41) is 13.8. The Morgan fingerprint density at radius 2 is 1.79 bits per heavy atom. The SMILES string of the molecule is COc1ccc(NC(=O)c2cccc(OCc3ccccc3)c2)c([N+](=O)[O-])c1. The number of amides is 1. The molecule has 7 nitrogen and oxygen atoms in total. The lowest BCUT2D eigenvalue weighted by atomic mass is 10.2. The van der Waals surface area contributed by atoms with Crippen molar-refractivity contribution in [1.82, 2.24) is 0 Å². The Morgan fingerprint density at radius 1 is 1.00 bits per heavy atom. The first kappa shape index (κ1) is 18.9. The van der Waals surface area contributed by atoms with Gasteiger partial charge >= 0.3 is 0 Å². The highest BCUT2D eigenvalue weighted by molar-refractivity contribution is 6.05. The van der Waals surface area contributed by atoms with Crippen LogP contribution in [0.4, 0.5) is 11.4 Å². The predicted molar refractivity (Wildman–Crippen MR) is 105 cm³/mol. The van der Waals surface area contributed by atoms with Gasteiger partial charge in [-0.25, -0.2) is 0 Å². The van der Waals surface area contributed by atoms with Gasteiger partial charge in [0.25, 0.3) is 11.6 Å². The molecule has 1 amide bonds. The lowest BCUT2D eigenvalue weighted by Crippen LogP contribution is -2.13. The van der Waals surface area contributed by atoms with Crippen LogP contribution in [0.25, 0.3) is 0 Å². The smallest absolute Gasteiger partial charge is 0.296 e. The first-order valence-corrected chi connectivity index (χ1v) is 8.47. The molecule has 0 atom stereocenters. The second kappa shape index (κ2) is 8.68. The Bertz CT molecular complexity index is 989. The van der Waals surface area contributed by atoms with E-state index in [2.05, 4.69) is 5.32 Å². The Hall–Kier alpha value is -3.87. The first-order valence-electron chi connectivity index (χ1n) is 8.47. The highest BCUT2D eigenvalue weighted by Gasteiger charge is 2.18. The molecule has 7 heteroatoms. The number of methoxy groups -OCH3 is 1. The summed E-state index contributed by atoms with van der Waals surface area (Å²) >= 11 is 0. The van der Waals surface area contributed by atoms with Crippen molar-refractivity contribution in [3.8, 4) is 11.5 Å². The van der Waals surface area contributed by atoms with E-state index in [1.807, 2.05) is 30.3 Å². The standard InChI is InChI=1S/C21H18N2O5/c1-27-17-10-11-19(20(13-17)23(25)26)22-21(24)16-8-5-9-18(12-16)28-14-15-6-3-2-4-7-15/h2-13H,14H2,1H3,(H,22,24). The van der Waals surface area contributed by atoms with E-state index in [9.17, 15) is 14.9 Å². The average Bonchev–Trinajstić information content (AvgIpc) is 2.73. The van der Waals surface area contributed by atoms with Crippen molar-refractivity contribution in [1.29, 1.82) is 0 Å². The van der Waals surface area contributed by atoms with Crippen LogP contribution in [0, 0.1) is 10.1 Å². The molecule has 1 N–H and O–H groups in total. The summed E-state index contributed by atoms with van der Waals surface area (Å²) in [6.45, 7) is 0.371. The van der Waals surface area contributed by atoms with Crippen LogP contribution in [0.1, 0.15) is 15.9 Å². The Morgan fingerprint density at radius 3 is 2.50 bits per heavy atom. The average molecular weight is 378 g/mol. The van der Waals surface area contributed by atoms with Crippen molar-refractivity contribution in [2.24, 2.45) is 0 Å².